The molecule has 0 saturated carbocycles. The lowest BCUT2D eigenvalue weighted by Crippen LogP contribution is -2.26. The van der Waals surface area contributed by atoms with Gasteiger partial charge in [0, 0.05) is 6.54 Å². The summed E-state index contributed by atoms with van der Waals surface area (Å²) in [5.41, 5.74) is 1.81. The van der Waals surface area contributed by atoms with Crippen LogP contribution in [0.1, 0.15) is 30.4 Å². The summed E-state index contributed by atoms with van der Waals surface area (Å²) < 4.78 is 49.3. The van der Waals surface area contributed by atoms with E-state index in [0.29, 0.717) is 19.4 Å². The van der Waals surface area contributed by atoms with Crippen molar-refractivity contribution in [3.63, 3.8) is 0 Å². The summed E-state index contributed by atoms with van der Waals surface area (Å²) >= 11 is 0. The molecule has 1 aliphatic rings. The molecule has 1 aromatic carbocycles. The van der Waals surface area contributed by atoms with E-state index in [1.54, 1.807) is 6.07 Å². The number of hydrogen-bond acceptors (Lipinski definition) is 4. The molecule has 2 rings (SSSR count). The lowest BCUT2D eigenvalue weighted by molar-refractivity contribution is 0.512. The molecule has 0 aromatic heterocycles. The summed E-state index contributed by atoms with van der Waals surface area (Å²) in [5, 5.41) is 0. The van der Waals surface area contributed by atoms with Gasteiger partial charge in [-0.15, -0.1) is 0 Å². The Morgan fingerprint density at radius 3 is 2.73 bits per heavy atom. The fourth-order valence-corrected chi connectivity index (χ4v) is 5.88. The van der Waals surface area contributed by atoms with Crippen molar-refractivity contribution in [2.24, 2.45) is 5.92 Å². The molecule has 0 amide bonds. The largest absolute Gasteiger partial charge is 0.229 e. The first kappa shape index (κ1) is 17.4. The van der Waals surface area contributed by atoms with E-state index >= 15 is 0 Å². The van der Waals surface area contributed by atoms with Crippen LogP contribution in [0.25, 0.3) is 0 Å². The zero-order valence-electron chi connectivity index (χ0n) is 12.8. The molecule has 1 N–H and O–H groups in total. The molecule has 1 atom stereocenters. The van der Waals surface area contributed by atoms with Gasteiger partial charge in [0.25, 0.3) is 0 Å². The smallest absolute Gasteiger partial charge is 0.215 e. The molecule has 1 aromatic rings. The normalized spacial score (nSPS) is 21.0. The highest BCUT2D eigenvalue weighted by Crippen LogP contribution is 2.22. The minimum atomic E-state index is -3.34. The topological polar surface area (TPSA) is 80.3 Å². The van der Waals surface area contributed by atoms with Crippen LogP contribution in [-0.4, -0.2) is 34.9 Å². The van der Waals surface area contributed by atoms with E-state index in [1.165, 1.54) is 0 Å². The van der Waals surface area contributed by atoms with Crippen LogP contribution in [0.2, 0.25) is 0 Å². The van der Waals surface area contributed by atoms with Gasteiger partial charge in [-0.05, 0) is 37.7 Å². The first-order valence-electron chi connectivity index (χ1n) is 7.49. The zero-order valence-corrected chi connectivity index (χ0v) is 14.4. The van der Waals surface area contributed by atoms with E-state index in [0.717, 1.165) is 17.5 Å². The van der Waals surface area contributed by atoms with E-state index in [1.807, 2.05) is 25.1 Å². The van der Waals surface area contributed by atoms with E-state index in [4.69, 9.17) is 0 Å². The lowest BCUT2D eigenvalue weighted by Gasteiger charge is -2.09. The zero-order chi connectivity index (χ0) is 16.2. The van der Waals surface area contributed by atoms with Gasteiger partial charge in [-0.2, -0.15) is 0 Å². The maximum absolute atomic E-state index is 12.0. The molecule has 1 heterocycles. The summed E-state index contributed by atoms with van der Waals surface area (Å²) in [6.07, 6.45) is 2.14. The van der Waals surface area contributed by atoms with Gasteiger partial charge in [0.1, 0.15) is 0 Å². The Bertz CT molecular complexity index is 711. The highest BCUT2D eigenvalue weighted by molar-refractivity contribution is 7.91. The number of benzene rings is 1. The highest BCUT2D eigenvalue weighted by Gasteiger charge is 2.27. The van der Waals surface area contributed by atoms with Crippen LogP contribution >= 0.6 is 0 Å². The molecule has 1 aliphatic heterocycles. The predicted octanol–water partition coefficient (Wildman–Crippen LogP) is 1.63. The first-order valence-corrected chi connectivity index (χ1v) is 11.0. The molecule has 22 heavy (non-hydrogen) atoms. The molecule has 0 aliphatic carbocycles. The standard InChI is InChI=1S/C15H23NO4S2/c1-13-4-2-5-15(10-13)12-22(19,20)16-8-3-6-14-7-9-21(17,18)11-14/h2,4-5,10,14,16H,3,6-9,11-12H2,1H3. The highest BCUT2D eigenvalue weighted by atomic mass is 32.2. The second-order valence-corrected chi connectivity index (χ2v) is 10.1. The van der Waals surface area contributed by atoms with Crippen molar-refractivity contribution in [1.29, 1.82) is 0 Å². The Labute approximate surface area is 133 Å². The molecule has 7 heteroatoms. The lowest BCUT2D eigenvalue weighted by atomic mass is 10.0. The Balaban J connectivity index is 1.74. The monoisotopic (exact) mass is 345 g/mol. The van der Waals surface area contributed by atoms with Gasteiger partial charge < -0.3 is 0 Å². The molecule has 124 valence electrons. The van der Waals surface area contributed by atoms with E-state index in [9.17, 15) is 16.8 Å². The summed E-state index contributed by atoms with van der Waals surface area (Å²) in [7, 11) is -6.18. The Morgan fingerprint density at radius 1 is 1.32 bits per heavy atom. The van der Waals surface area contributed by atoms with Crippen molar-refractivity contribution in [2.45, 2.75) is 31.9 Å². The van der Waals surface area contributed by atoms with E-state index in [-0.39, 0.29) is 23.2 Å². The fraction of sp³-hybridized carbons (Fsp3) is 0.600. The Morgan fingerprint density at radius 2 is 2.09 bits per heavy atom. The maximum Gasteiger partial charge on any atom is 0.215 e. The van der Waals surface area contributed by atoms with Gasteiger partial charge in [-0.1, -0.05) is 29.8 Å². The second-order valence-electron chi connectivity index (χ2n) is 6.05. The molecule has 0 radical (unpaired) electrons. The van der Waals surface area contributed by atoms with Crippen LogP contribution in [0.15, 0.2) is 24.3 Å². The molecular weight excluding hydrogens is 322 g/mol. The molecular formula is C15H23NO4S2. The molecule has 1 unspecified atom stereocenters. The van der Waals surface area contributed by atoms with Gasteiger partial charge in [0.05, 0.1) is 17.3 Å². The van der Waals surface area contributed by atoms with Gasteiger partial charge in [-0.3, -0.25) is 0 Å². The third kappa shape index (κ3) is 5.70. The third-order valence-corrected chi connectivity index (χ3v) is 7.07. The van der Waals surface area contributed by atoms with Crippen molar-refractivity contribution >= 4 is 19.9 Å². The summed E-state index contributed by atoms with van der Waals surface area (Å²) in [6.45, 7) is 2.30. The summed E-state index contributed by atoms with van der Waals surface area (Å²) in [6, 6.07) is 7.44. The van der Waals surface area contributed by atoms with Crippen molar-refractivity contribution in [3.8, 4) is 0 Å². The van der Waals surface area contributed by atoms with Crippen molar-refractivity contribution in [2.75, 3.05) is 18.1 Å². The maximum atomic E-state index is 12.0. The average molecular weight is 345 g/mol. The summed E-state index contributed by atoms with van der Waals surface area (Å²) in [4.78, 5) is 0. The van der Waals surface area contributed by atoms with Gasteiger partial charge in [-0.25, -0.2) is 21.6 Å². The van der Waals surface area contributed by atoms with Crippen molar-refractivity contribution < 1.29 is 16.8 Å². The second kappa shape index (κ2) is 7.10. The number of nitrogens with one attached hydrogen (secondary N) is 1. The average Bonchev–Trinajstić information content (AvgIpc) is 2.74. The van der Waals surface area contributed by atoms with Crippen molar-refractivity contribution in [3.05, 3.63) is 35.4 Å². The van der Waals surface area contributed by atoms with Gasteiger partial charge in [0.2, 0.25) is 10.0 Å². The van der Waals surface area contributed by atoms with E-state index < -0.39 is 19.9 Å². The Hall–Kier alpha value is -0.920. The minimum absolute atomic E-state index is 0.0213. The van der Waals surface area contributed by atoms with Crippen LogP contribution in [0.3, 0.4) is 0 Å². The van der Waals surface area contributed by atoms with Crippen molar-refractivity contribution in [1.82, 2.24) is 4.72 Å². The number of sulfonamides is 1. The molecule has 0 spiro atoms. The van der Waals surface area contributed by atoms with Crippen LogP contribution in [0, 0.1) is 12.8 Å². The quantitative estimate of drug-likeness (QED) is 0.762. The van der Waals surface area contributed by atoms with Gasteiger partial charge >= 0.3 is 0 Å². The summed E-state index contributed by atoms with van der Waals surface area (Å²) in [5.74, 6) is 0.693. The number of sulfone groups is 1. The SMILES string of the molecule is Cc1cccc(CS(=O)(=O)NCCCC2CCS(=O)(=O)C2)c1. The predicted molar refractivity (Wildman–Crippen MR) is 87.8 cm³/mol. The number of aryl methyl sites for hydroxylation is 1. The van der Waals surface area contributed by atoms with Crippen LogP contribution in [0.4, 0.5) is 0 Å². The Kier molecular flexibility index (Phi) is 5.63. The van der Waals surface area contributed by atoms with Gasteiger partial charge in [0.15, 0.2) is 9.84 Å². The number of rotatable bonds is 7. The first-order chi connectivity index (χ1) is 10.3. The van der Waals surface area contributed by atoms with Crippen LogP contribution in [0.5, 0.6) is 0 Å². The van der Waals surface area contributed by atoms with Crippen LogP contribution in [-0.2, 0) is 25.6 Å². The fourth-order valence-electron chi connectivity index (χ4n) is 2.79. The number of hydrogen-bond donors (Lipinski definition) is 1. The molecule has 0 bridgehead atoms. The van der Waals surface area contributed by atoms with E-state index in [2.05, 4.69) is 4.72 Å². The molecule has 1 saturated heterocycles. The van der Waals surface area contributed by atoms with Crippen LogP contribution < -0.4 is 4.72 Å². The molecule has 1 fully saturated rings. The third-order valence-electron chi connectivity index (χ3n) is 3.88. The molecule has 5 nitrogen and oxygen atoms in total. The minimum Gasteiger partial charge on any atom is -0.229 e.